The predicted molar refractivity (Wildman–Crippen MR) is 109 cm³/mol. The Hall–Kier alpha value is -2.84. The maximum Gasteiger partial charge on any atom is 0.224 e. The van der Waals surface area contributed by atoms with Gasteiger partial charge < -0.3 is 15.1 Å². The molecule has 5 nitrogen and oxygen atoms in total. The van der Waals surface area contributed by atoms with Crippen LogP contribution in [0, 0.1) is 18.3 Å². The molecule has 1 fully saturated rings. The van der Waals surface area contributed by atoms with Crippen LogP contribution in [0.2, 0.25) is 0 Å². The number of hydrogen-bond donors (Lipinski definition) is 1. The number of nitrogens with zero attached hydrogens (tertiary/aromatic N) is 3. The topological polar surface area (TPSA) is 59.4 Å². The minimum Gasteiger partial charge on any atom is -0.369 e. The van der Waals surface area contributed by atoms with E-state index in [-0.39, 0.29) is 5.91 Å². The highest BCUT2D eigenvalue weighted by atomic mass is 16.1. The van der Waals surface area contributed by atoms with Crippen molar-refractivity contribution >= 4 is 17.3 Å². The normalized spacial score (nSPS) is 14.6. The Balaban J connectivity index is 1.54. The molecule has 0 saturated carbocycles. The monoisotopic (exact) mass is 362 g/mol. The van der Waals surface area contributed by atoms with Gasteiger partial charge >= 0.3 is 0 Å². The van der Waals surface area contributed by atoms with E-state index >= 15 is 0 Å². The fourth-order valence-electron chi connectivity index (χ4n) is 3.36. The summed E-state index contributed by atoms with van der Waals surface area (Å²) in [7, 11) is 2.15. The van der Waals surface area contributed by atoms with E-state index in [9.17, 15) is 4.79 Å². The van der Waals surface area contributed by atoms with Crippen LogP contribution in [0.15, 0.2) is 42.5 Å². The molecule has 1 amide bonds. The minimum absolute atomic E-state index is 0.00565. The Morgan fingerprint density at radius 1 is 1.11 bits per heavy atom. The first kappa shape index (κ1) is 18.9. The summed E-state index contributed by atoms with van der Waals surface area (Å²) in [5.41, 5.74) is 4.98. The molecule has 0 unspecified atom stereocenters. The minimum atomic E-state index is 0.00565. The first-order valence-corrected chi connectivity index (χ1v) is 9.38. The molecule has 140 valence electrons. The Morgan fingerprint density at radius 3 is 2.44 bits per heavy atom. The Bertz CT molecular complexity index is 830. The van der Waals surface area contributed by atoms with E-state index in [1.807, 2.05) is 24.3 Å². The summed E-state index contributed by atoms with van der Waals surface area (Å²) in [5.74, 6) is 0.00565. The van der Waals surface area contributed by atoms with Gasteiger partial charge in [-0.25, -0.2) is 0 Å². The van der Waals surface area contributed by atoms with Gasteiger partial charge in [0.15, 0.2) is 0 Å². The van der Waals surface area contributed by atoms with E-state index in [0.717, 1.165) is 37.4 Å². The van der Waals surface area contributed by atoms with Crippen LogP contribution in [0.3, 0.4) is 0 Å². The number of nitriles is 1. The second kappa shape index (κ2) is 8.70. The van der Waals surface area contributed by atoms with E-state index in [4.69, 9.17) is 5.26 Å². The lowest BCUT2D eigenvalue weighted by molar-refractivity contribution is -0.116. The Morgan fingerprint density at radius 2 is 1.81 bits per heavy atom. The third kappa shape index (κ3) is 5.08. The SMILES string of the molecule is Cc1cc(NC(=O)CCc2ccc(C#N)cc2)ccc1N1CCN(C)CC1. The first-order valence-electron chi connectivity index (χ1n) is 9.38. The molecule has 0 atom stereocenters. The van der Waals surface area contributed by atoms with E-state index in [1.54, 1.807) is 12.1 Å². The van der Waals surface area contributed by atoms with Crippen LogP contribution < -0.4 is 10.2 Å². The molecule has 2 aromatic carbocycles. The van der Waals surface area contributed by atoms with Crippen LogP contribution in [0.5, 0.6) is 0 Å². The van der Waals surface area contributed by atoms with Crippen molar-refractivity contribution in [1.29, 1.82) is 5.26 Å². The lowest BCUT2D eigenvalue weighted by Crippen LogP contribution is -2.44. The van der Waals surface area contributed by atoms with Crippen molar-refractivity contribution in [2.45, 2.75) is 19.8 Å². The molecule has 0 aliphatic carbocycles. The molecule has 1 N–H and O–H groups in total. The summed E-state index contributed by atoms with van der Waals surface area (Å²) >= 11 is 0. The number of aryl methyl sites for hydroxylation is 2. The average molecular weight is 362 g/mol. The van der Waals surface area contributed by atoms with Crippen LogP contribution in [0.25, 0.3) is 0 Å². The van der Waals surface area contributed by atoms with Gasteiger partial charge in [-0.15, -0.1) is 0 Å². The van der Waals surface area contributed by atoms with Crippen molar-refractivity contribution in [3.63, 3.8) is 0 Å². The van der Waals surface area contributed by atoms with Gasteiger partial charge in [0.25, 0.3) is 0 Å². The number of likely N-dealkylation sites (N-methyl/N-ethyl adjacent to an activating group) is 1. The van der Waals surface area contributed by atoms with E-state index < -0.39 is 0 Å². The zero-order valence-electron chi connectivity index (χ0n) is 16.0. The molecular weight excluding hydrogens is 336 g/mol. The molecular formula is C22H26N4O. The highest BCUT2D eigenvalue weighted by molar-refractivity contribution is 5.91. The molecule has 0 spiro atoms. The van der Waals surface area contributed by atoms with Crippen molar-refractivity contribution in [3.05, 3.63) is 59.2 Å². The molecule has 1 aliphatic heterocycles. The van der Waals surface area contributed by atoms with E-state index in [0.29, 0.717) is 18.4 Å². The van der Waals surface area contributed by atoms with Crippen LogP contribution in [-0.4, -0.2) is 44.0 Å². The van der Waals surface area contributed by atoms with Crippen molar-refractivity contribution < 1.29 is 4.79 Å². The van der Waals surface area contributed by atoms with Gasteiger partial charge in [0.2, 0.25) is 5.91 Å². The quantitative estimate of drug-likeness (QED) is 0.887. The highest BCUT2D eigenvalue weighted by Crippen LogP contribution is 2.24. The van der Waals surface area contributed by atoms with Crippen molar-refractivity contribution in [1.82, 2.24) is 4.90 Å². The molecule has 2 aromatic rings. The van der Waals surface area contributed by atoms with Gasteiger partial charge in [-0.05, 0) is 61.9 Å². The smallest absolute Gasteiger partial charge is 0.224 e. The maximum absolute atomic E-state index is 12.3. The third-order valence-corrected chi connectivity index (χ3v) is 5.05. The first-order chi connectivity index (χ1) is 13.0. The Kier molecular flexibility index (Phi) is 6.10. The van der Waals surface area contributed by atoms with Gasteiger partial charge in [0, 0.05) is 44.0 Å². The number of rotatable bonds is 5. The maximum atomic E-state index is 12.3. The summed E-state index contributed by atoms with van der Waals surface area (Å²) < 4.78 is 0. The second-order valence-corrected chi connectivity index (χ2v) is 7.15. The number of carbonyl (C=O) groups excluding carboxylic acids is 1. The summed E-state index contributed by atoms with van der Waals surface area (Å²) in [6.07, 6.45) is 1.08. The van der Waals surface area contributed by atoms with Crippen molar-refractivity contribution in [3.8, 4) is 6.07 Å². The van der Waals surface area contributed by atoms with E-state index in [2.05, 4.69) is 41.2 Å². The van der Waals surface area contributed by atoms with Gasteiger partial charge in [-0.2, -0.15) is 5.26 Å². The lowest BCUT2D eigenvalue weighted by Gasteiger charge is -2.35. The molecule has 5 heteroatoms. The number of benzene rings is 2. The van der Waals surface area contributed by atoms with Gasteiger partial charge in [0.1, 0.15) is 0 Å². The van der Waals surface area contributed by atoms with E-state index in [1.165, 1.54) is 11.3 Å². The number of hydrogen-bond acceptors (Lipinski definition) is 4. The zero-order valence-corrected chi connectivity index (χ0v) is 16.0. The number of anilines is 2. The van der Waals surface area contributed by atoms with Crippen LogP contribution >= 0.6 is 0 Å². The summed E-state index contributed by atoms with van der Waals surface area (Å²) in [5, 5.41) is 11.8. The Labute approximate surface area is 161 Å². The average Bonchev–Trinajstić information content (AvgIpc) is 2.68. The number of carbonyl (C=O) groups is 1. The molecule has 1 saturated heterocycles. The molecule has 1 heterocycles. The highest BCUT2D eigenvalue weighted by Gasteiger charge is 2.16. The molecule has 0 bridgehead atoms. The largest absolute Gasteiger partial charge is 0.369 e. The summed E-state index contributed by atoms with van der Waals surface area (Å²) in [6.45, 7) is 6.32. The number of piperazine rings is 1. The summed E-state index contributed by atoms with van der Waals surface area (Å²) in [4.78, 5) is 17.0. The molecule has 0 aromatic heterocycles. The fourth-order valence-corrected chi connectivity index (χ4v) is 3.36. The zero-order chi connectivity index (χ0) is 19.2. The fraction of sp³-hybridized carbons (Fsp3) is 0.364. The second-order valence-electron chi connectivity index (χ2n) is 7.15. The predicted octanol–water partition coefficient (Wildman–Crippen LogP) is 3.19. The van der Waals surface area contributed by atoms with Gasteiger partial charge in [0.05, 0.1) is 11.6 Å². The molecule has 27 heavy (non-hydrogen) atoms. The van der Waals surface area contributed by atoms with Crippen LogP contribution in [0.4, 0.5) is 11.4 Å². The standard InChI is InChI=1S/C22H26N4O/c1-17-15-20(8-9-21(17)26-13-11-25(2)12-14-26)24-22(27)10-7-18-3-5-19(16-23)6-4-18/h3-6,8-9,15H,7,10-14H2,1-2H3,(H,24,27). The number of amides is 1. The van der Waals surface area contributed by atoms with Gasteiger partial charge in [-0.3, -0.25) is 4.79 Å². The molecule has 1 aliphatic rings. The lowest BCUT2D eigenvalue weighted by atomic mass is 10.1. The molecule has 0 radical (unpaired) electrons. The van der Waals surface area contributed by atoms with Crippen LogP contribution in [-0.2, 0) is 11.2 Å². The van der Waals surface area contributed by atoms with Crippen molar-refractivity contribution in [2.24, 2.45) is 0 Å². The van der Waals surface area contributed by atoms with Crippen LogP contribution in [0.1, 0.15) is 23.1 Å². The number of nitrogens with one attached hydrogen (secondary N) is 1. The van der Waals surface area contributed by atoms with Gasteiger partial charge in [-0.1, -0.05) is 12.1 Å². The summed E-state index contributed by atoms with van der Waals surface area (Å²) in [6, 6.07) is 15.6. The van der Waals surface area contributed by atoms with Crippen molar-refractivity contribution in [2.75, 3.05) is 43.4 Å². The molecule has 3 rings (SSSR count). The third-order valence-electron chi connectivity index (χ3n) is 5.05.